The standard InChI is InChI=1S/C13H27N3O/c1-5-15-6-8-16(9-7-15)10-13(17)14-12(4)11(2)3/h11-12H,5-10H2,1-4H3,(H,14,17). The van der Waals surface area contributed by atoms with Gasteiger partial charge in [0.2, 0.25) is 5.91 Å². The van der Waals surface area contributed by atoms with Gasteiger partial charge < -0.3 is 10.2 Å². The van der Waals surface area contributed by atoms with Crippen LogP contribution in [-0.4, -0.2) is 61.0 Å². The maximum atomic E-state index is 11.8. The van der Waals surface area contributed by atoms with Gasteiger partial charge in [0.05, 0.1) is 6.54 Å². The van der Waals surface area contributed by atoms with E-state index < -0.39 is 0 Å². The van der Waals surface area contributed by atoms with E-state index in [-0.39, 0.29) is 11.9 Å². The van der Waals surface area contributed by atoms with Crippen molar-refractivity contribution in [1.29, 1.82) is 0 Å². The summed E-state index contributed by atoms with van der Waals surface area (Å²) in [5.74, 6) is 0.659. The average molecular weight is 241 g/mol. The summed E-state index contributed by atoms with van der Waals surface area (Å²) in [6.07, 6.45) is 0. The molecule has 0 aromatic rings. The smallest absolute Gasteiger partial charge is 0.234 e. The van der Waals surface area contributed by atoms with Crippen LogP contribution in [0.25, 0.3) is 0 Å². The lowest BCUT2D eigenvalue weighted by atomic mass is 10.1. The third-order valence-corrected chi connectivity index (χ3v) is 3.67. The number of piperazine rings is 1. The minimum absolute atomic E-state index is 0.163. The van der Waals surface area contributed by atoms with Crippen molar-refractivity contribution in [2.75, 3.05) is 39.3 Å². The van der Waals surface area contributed by atoms with Crippen molar-refractivity contribution in [2.24, 2.45) is 5.92 Å². The predicted molar refractivity (Wildman–Crippen MR) is 71.0 cm³/mol. The third-order valence-electron chi connectivity index (χ3n) is 3.67. The number of amides is 1. The lowest BCUT2D eigenvalue weighted by Gasteiger charge is -2.33. The number of carbonyl (C=O) groups is 1. The number of nitrogens with one attached hydrogen (secondary N) is 1. The topological polar surface area (TPSA) is 35.6 Å². The second-order valence-electron chi connectivity index (χ2n) is 5.31. The SMILES string of the molecule is CCN1CCN(CC(=O)NC(C)C(C)C)CC1. The van der Waals surface area contributed by atoms with Crippen molar-refractivity contribution in [3.63, 3.8) is 0 Å². The van der Waals surface area contributed by atoms with Gasteiger partial charge >= 0.3 is 0 Å². The number of hydrogen-bond donors (Lipinski definition) is 1. The van der Waals surface area contributed by atoms with Gasteiger partial charge in [0.15, 0.2) is 0 Å². The zero-order valence-corrected chi connectivity index (χ0v) is 11.7. The van der Waals surface area contributed by atoms with Gasteiger partial charge in [0, 0.05) is 32.2 Å². The summed E-state index contributed by atoms with van der Waals surface area (Å²) >= 11 is 0. The summed E-state index contributed by atoms with van der Waals surface area (Å²) in [4.78, 5) is 16.5. The maximum absolute atomic E-state index is 11.8. The molecule has 1 unspecified atom stereocenters. The van der Waals surface area contributed by atoms with E-state index in [1.165, 1.54) is 0 Å². The van der Waals surface area contributed by atoms with Crippen LogP contribution in [0.2, 0.25) is 0 Å². The number of likely N-dealkylation sites (N-methyl/N-ethyl adjacent to an activating group) is 1. The first kappa shape index (κ1) is 14.5. The molecule has 1 fully saturated rings. The van der Waals surface area contributed by atoms with Crippen molar-refractivity contribution >= 4 is 5.91 Å². The van der Waals surface area contributed by atoms with Crippen LogP contribution in [0, 0.1) is 5.92 Å². The second-order valence-corrected chi connectivity index (χ2v) is 5.31. The first-order valence-electron chi connectivity index (χ1n) is 6.77. The van der Waals surface area contributed by atoms with Crippen molar-refractivity contribution < 1.29 is 4.79 Å². The Kier molecular flexibility index (Phi) is 5.92. The van der Waals surface area contributed by atoms with Crippen LogP contribution < -0.4 is 5.32 Å². The van der Waals surface area contributed by atoms with E-state index in [4.69, 9.17) is 0 Å². The average Bonchev–Trinajstić information content (AvgIpc) is 2.29. The summed E-state index contributed by atoms with van der Waals surface area (Å²) in [5, 5.41) is 3.06. The normalized spacial score (nSPS) is 20.5. The summed E-state index contributed by atoms with van der Waals surface area (Å²) in [6, 6.07) is 0.263. The van der Waals surface area contributed by atoms with Gasteiger partial charge in [0.1, 0.15) is 0 Å². The molecule has 1 atom stereocenters. The fraction of sp³-hybridized carbons (Fsp3) is 0.923. The number of hydrogen-bond acceptors (Lipinski definition) is 3. The van der Waals surface area contributed by atoms with E-state index in [0.29, 0.717) is 12.5 Å². The van der Waals surface area contributed by atoms with Crippen molar-refractivity contribution in [1.82, 2.24) is 15.1 Å². The molecule has 1 aliphatic heterocycles. The van der Waals surface area contributed by atoms with Crippen LogP contribution >= 0.6 is 0 Å². The fourth-order valence-corrected chi connectivity index (χ4v) is 1.93. The summed E-state index contributed by atoms with van der Waals surface area (Å²) in [5.41, 5.74) is 0. The van der Waals surface area contributed by atoms with Crippen LogP contribution in [0.1, 0.15) is 27.7 Å². The van der Waals surface area contributed by atoms with E-state index in [1.807, 2.05) is 0 Å². The third kappa shape index (κ3) is 5.04. The summed E-state index contributed by atoms with van der Waals surface area (Å²) in [7, 11) is 0. The van der Waals surface area contributed by atoms with Crippen molar-refractivity contribution in [3.05, 3.63) is 0 Å². The first-order chi connectivity index (χ1) is 8.02. The molecule has 1 amide bonds. The van der Waals surface area contributed by atoms with Gasteiger partial charge in [-0.05, 0) is 19.4 Å². The van der Waals surface area contributed by atoms with Crippen LogP contribution in [0.5, 0.6) is 0 Å². The van der Waals surface area contributed by atoms with Crippen molar-refractivity contribution in [2.45, 2.75) is 33.7 Å². The van der Waals surface area contributed by atoms with Gasteiger partial charge in [0.25, 0.3) is 0 Å². The molecule has 17 heavy (non-hydrogen) atoms. The maximum Gasteiger partial charge on any atom is 0.234 e. The zero-order chi connectivity index (χ0) is 12.8. The Labute approximate surface area is 105 Å². The molecule has 1 N–H and O–H groups in total. The zero-order valence-electron chi connectivity index (χ0n) is 11.7. The molecule has 1 aliphatic rings. The van der Waals surface area contributed by atoms with Gasteiger partial charge in [-0.3, -0.25) is 9.69 Å². The van der Waals surface area contributed by atoms with Gasteiger partial charge in [-0.25, -0.2) is 0 Å². The van der Waals surface area contributed by atoms with E-state index in [2.05, 4.69) is 42.8 Å². The summed E-state index contributed by atoms with van der Waals surface area (Å²) in [6.45, 7) is 14.4. The number of rotatable bonds is 5. The molecule has 100 valence electrons. The van der Waals surface area contributed by atoms with Crippen LogP contribution in [0.4, 0.5) is 0 Å². The Morgan fingerprint density at radius 2 is 1.65 bits per heavy atom. The lowest BCUT2D eigenvalue weighted by molar-refractivity contribution is -0.123. The predicted octanol–water partition coefficient (Wildman–Crippen LogP) is 0.785. The molecule has 0 saturated carbocycles. The number of nitrogens with zero attached hydrogens (tertiary/aromatic N) is 2. The largest absolute Gasteiger partial charge is 0.352 e. The molecule has 0 aromatic carbocycles. The Hall–Kier alpha value is -0.610. The first-order valence-corrected chi connectivity index (χ1v) is 6.77. The Balaban J connectivity index is 2.23. The van der Waals surface area contributed by atoms with Crippen LogP contribution in [0.15, 0.2) is 0 Å². The quantitative estimate of drug-likeness (QED) is 0.773. The molecule has 0 aromatic heterocycles. The van der Waals surface area contributed by atoms with Gasteiger partial charge in [-0.15, -0.1) is 0 Å². The van der Waals surface area contributed by atoms with Crippen molar-refractivity contribution in [3.8, 4) is 0 Å². The molecule has 0 aliphatic carbocycles. The second kappa shape index (κ2) is 6.97. The van der Waals surface area contributed by atoms with E-state index in [9.17, 15) is 4.79 Å². The molecule has 0 bridgehead atoms. The molecule has 1 rings (SSSR count). The van der Waals surface area contributed by atoms with Crippen LogP contribution in [-0.2, 0) is 4.79 Å². The molecule has 4 nitrogen and oxygen atoms in total. The molecule has 1 heterocycles. The highest BCUT2D eigenvalue weighted by atomic mass is 16.2. The highest BCUT2D eigenvalue weighted by Gasteiger charge is 2.18. The molecule has 0 radical (unpaired) electrons. The van der Waals surface area contributed by atoms with E-state index >= 15 is 0 Å². The minimum atomic E-state index is 0.163. The fourth-order valence-electron chi connectivity index (χ4n) is 1.93. The highest BCUT2D eigenvalue weighted by molar-refractivity contribution is 5.78. The molecular formula is C13H27N3O. The van der Waals surface area contributed by atoms with E-state index in [0.717, 1.165) is 32.7 Å². The number of carbonyl (C=O) groups excluding carboxylic acids is 1. The summed E-state index contributed by atoms with van der Waals surface area (Å²) < 4.78 is 0. The Bertz CT molecular complexity index is 235. The van der Waals surface area contributed by atoms with E-state index in [1.54, 1.807) is 0 Å². The minimum Gasteiger partial charge on any atom is -0.352 e. The van der Waals surface area contributed by atoms with Crippen LogP contribution in [0.3, 0.4) is 0 Å². The lowest BCUT2D eigenvalue weighted by Crippen LogP contribution is -2.50. The molecule has 0 spiro atoms. The Morgan fingerprint density at radius 3 is 2.12 bits per heavy atom. The molecule has 1 saturated heterocycles. The Morgan fingerprint density at radius 1 is 1.12 bits per heavy atom. The molecular weight excluding hydrogens is 214 g/mol. The van der Waals surface area contributed by atoms with Gasteiger partial charge in [-0.1, -0.05) is 20.8 Å². The molecule has 4 heteroatoms. The highest BCUT2D eigenvalue weighted by Crippen LogP contribution is 2.02. The monoisotopic (exact) mass is 241 g/mol. The van der Waals surface area contributed by atoms with Gasteiger partial charge in [-0.2, -0.15) is 0 Å².